The Morgan fingerprint density at radius 3 is 2.67 bits per heavy atom. The molecule has 0 saturated heterocycles. The summed E-state index contributed by atoms with van der Waals surface area (Å²) < 4.78 is 0. The van der Waals surface area contributed by atoms with Crippen molar-refractivity contribution in [3.8, 4) is 0 Å². The van der Waals surface area contributed by atoms with Gasteiger partial charge in [-0.3, -0.25) is 0 Å². The molecule has 2 heteroatoms. The molecule has 64 valence electrons. The SMILES string of the molecule is Cc1ccccc1C(C=O)CN. The van der Waals surface area contributed by atoms with Gasteiger partial charge in [0.25, 0.3) is 0 Å². The van der Waals surface area contributed by atoms with Crippen LogP contribution in [0, 0.1) is 6.92 Å². The largest absolute Gasteiger partial charge is 0.329 e. The van der Waals surface area contributed by atoms with Crippen molar-refractivity contribution in [1.82, 2.24) is 0 Å². The van der Waals surface area contributed by atoms with Gasteiger partial charge in [0.05, 0.1) is 5.92 Å². The van der Waals surface area contributed by atoms with Crippen LogP contribution in [0.1, 0.15) is 17.0 Å². The average Bonchev–Trinajstić information content (AvgIpc) is 2.10. The molecular weight excluding hydrogens is 150 g/mol. The molecule has 0 amide bonds. The monoisotopic (exact) mass is 163 g/mol. The summed E-state index contributed by atoms with van der Waals surface area (Å²) >= 11 is 0. The first-order valence-corrected chi connectivity index (χ1v) is 4.00. The van der Waals surface area contributed by atoms with E-state index in [0.717, 1.165) is 17.4 Å². The average molecular weight is 163 g/mol. The highest BCUT2D eigenvalue weighted by Crippen LogP contribution is 2.16. The summed E-state index contributed by atoms with van der Waals surface area (Å²) in [6, 6.07) is 7.81. The molecule has 0 aliphatic heterocycles. The predicted molar refractivity (Wildman–Crippen MR) is 49.0 cm³/mol. The topological polar surface area (TPSA) is 43.1 Å². The van der Waals surface area contributed by atoms with E-state index in [1.807, 2.05) is 31.2 Å². The van der Waals surface area contributed by atoms with E-state index in [1.54, 1.807) is 0 Å². The van der Waals surface area contributed by atoms with Crippen molar-refractivity contribution in [2.24, 2.45) is 5.73 Å². The molecule has 0 saturated carbocycles. The van der Waals surface area contributed by atoms with Crippen LogP contribution in [0.15, 0.2) is 24.3 Å². The fourth-order valence-electron chi connectivity index (χ4n) is 1.26. The minimum absolute atomic E-state index is 0.147. The van der Waals surface area contributed by atoms with Crippen LogP contribution in [0.2, 0.25) is 0 Å². The summed E-state index contributed by atoms with van der Waals surface area (Å²) in [5, 5.41) is 0. The third-order valence-corrected chi connectivity index (χ3v) is 2.01. The zero-order chi connectivity index (χ0) is 8.97. The lowest BCUT2D eigenvalue weighted by atomic mass is 9.96. The fourth-order valence-corrected chi connectivity index (χ4v) is 1.26. The lowest BCUT2D eigenvalue weighted by Gasteiger charge is -2.09. The molecule has 12 heavy (non-hydrogen) atoms. The summed E-state index contributed by atoms with van der Waals surface area (Å²) in [6.45, 7) is 2.37. The van der Waals surface area contributed by atoms with Crippen LogP contribution in [0.5, 0.6) is 0 Å². The Morgan fingerprint density at radius 1 is 1.50 bits per heavy atom. The molecule has 1 unspecified atom stereocenters. The first-order valence-electron chi connectivity index (χ1n) is 4.00. The van der Waals surface area contributed by atoms with E-state index < -0.39 is 0 Å². The smallest absolute Gasteiger partial charge is 0.128 e. The van der Waals surface area contributed by atoms with Gasteiger partial charge in [0.15, 0.2) is 0 Å². The lowest BCUT2D eigenvalue weighted by Crippen LogP contribution is -2.14. The molecule has 1 aromatic carbocycles. The molecule has 1 rings (SSSR count). The van der Waals surface area contributed by atoms with Crippen molar-refractivity contribution in [2.45, 2.75) is 12.8 Å². The number of carbonyl (C=O) groups is 1. The van der Waals surface area contributed by atoms with Crippen molar-refractivity contribution in [3.05, 3.63) is 35.4 Å². The van der Waals surface area contributed by atoms with Crippen LogP contribution in [-0.4, -0.2) is 12.8 Å². The quantitative estimate of drug-likeness (QED) is 0.681. The Labute approximate surface area is 72.4 Å². The lowest BCUT2D eigenvalue weighted by molar-refractivity contribution is -0.108. The van der Waals surface area contributed by atoms with Gasteiger partial charge in [-0.1, -0.05) is 24.3 Å². The van der Waals surface area contributed by atoms with Gasteiger partial charge in [-0.2, -0.15) is 0 Å². The number of carbonyl (C=O) groups excluding carboxylic acids is 1. The van der Waals surface area contributed by atoms with Crippen LogP contribution in [0.25, 0.3) is 0 Å². The number of aldehydes is 1. The second kappa shape index (κ2) is 4.02. The van der Waals surface area contributed by atoms with E-state index in [1.165, 1.54) is 0 Å². The standard InChI is InChI=1S/C10H13NO/c1-8-4-2-3-5-10(8)9(6-11)7-12/h2-5,7,9H,6,11H2,1H3. The Hall–Kier alpha value is -1.15. The van der Waals surface area contributed by atoms with Gasteiger partial charge in [-0.15, -0.1) is 0 Å². The predicted octanol–water partition coefficient (Wildman–Crippen LogP) is 1.24. The van der Waals surface area contributed by atoms with Crippen LogP contribution < -0.4 is 5.73 Å². The van der Waals surface area contributed by atoms with Crippen LogP contribution in [-0.2, 0) is 4.79 Å². The van der Waals surface area contributed by atoms with Crippen molar-refractivity contribution < 1.29 is 4.79 Å². The molecule has 1 atom stereocenters. The number of benzene rings is 1. The van der Waals surface area contributed by atoms with Crippen LogP contribution in [0.4, 0.5) is 0 Å². The molecule has 0 aliphatic carbocycles. The third-order valence-electron chi connectivity index (χ3n) is 2.01. The molecular formula is C10H13NO. The molecule has 0 radical (unpaired) electrons. The second-order valence-corrected chi connectivity index (χ2v) is 2.83. The van der Waals surface area contributed by atoms with Gasteiger partial charge >= 0.3 is 0 Å². The molecule has 0 aliphatic rings. The number of hydrogen-bond acceptors (Lipinski definition) is 2. The number of hydrogen-bond donors (Lipinski definition) is 1. The summed E-state index contributed by atoms with van der Waals surface area (Å²) in [7, 11) is 0. The van der Waals surface area contributed by atoms with Crippen LogP contribution in [0.3, 0.4) is 0 Å². The number of aryl methyl sites for hydroxylation is 1. The molecule has 0 heterocycles. The normalized spacial score (nSPS) is 12.5. The summed E-state index contributed by atoms with van der Waals surface area (Å²) in [4.78, 5) is 10.6. The Morgan fingerprint density at radius 2 is 2.17 bits per heavy atom. The van der Waals surface area contributed by atoms with Gasteiger partial charge in [0.1, 0.15) is 6.29 Å². The van der Waals surface area contributed by atoms with Crippen molar-refractivity contribution in [3.63, 3.8) is 0 Å². The third kappa shape index (κ3) is 1.71. The van der Waals surface area contributed by atoms with Gasteiger partial charge in [0.2, 0.25) is 0 Å². The van der Waals surface area contributed by atoms with Crippen molar-refractivity contribution in [1.29, 1.82) is 0 Å². The van der Waals surface area contributed by atoms with Gasteiger partial charge in [-0.05, 0) is 18.1 Å². The zero-order valence-corrected chi connectivity index (χ0v) is 7.16. The van der Waals surface area contributed by atoms with E-state index in [0.29, 0.717) is 6.54 Å². The first kappa shape index (κ1) is 8.94. The maximum Gasteiger partial charge on any atom is 0.128 e. The molecule has 2 N–H and O–H groups in total. The molecule has 1 aromatic rings. The van der Waals surface area contributed by atoms with Crippen LogP contribution >= 0.6 is 0 Å². The molecule has 0 fully saturated rings. The van der Waals surface area contributed by atoms with Crippen molar-refractivity contribution >= 4 is 6.29 Å². The Balaban J connectivity index is 3.00. The summed E-state index contributed by atoms with van der Waals surface area (Å²) in [6.07, 6.45) is 0.905. The Kier molecular flexibility index (Phi) is 3.00. The van der Waals surface area contributed by atoms with E-state index in [4.69, 9.17) is 5.73 Å². The highest BCUT2D eigenvalue weighted by Gasteiger charge is 2.09. The van der Waals surface area contributed by atoms with Gasteiger partial charge in [0, 0.05) is 6.54 Å². The van der Waals surface area contributed by atoms with E-state index in [9.17, 15) is 4.79 Å². The summed E-state index contributed by atoms with van der Waals surface area (Å²) in [5.41, 5.74) is 7.62. The summed E-state index contributed by atoms with van der Waals surface area (Å²) in [5.74, 6) is -0.147. The Bertz CT molecular complexity index is 270. The van der Waals surface area contributed by atoms with E-state index >= 15 is 0 Å². The molecule has 0 aromatic heterocycles. The molecule has 0 bridgehead atoms. The van der Waals surface area contributed by atoms with Gasteiger partial charge < -0.3 is 10.5 Å². The number of rotatable bonds is 3. The minimum atomic E-state index is -0.147. The highest BCUT2D eigenvalue weighted by atomic mass is 16.1. The maximum atomic E-state index is 10.6. The zero-order valence-electron chi connectivity index (χ0n) is 7.16. The maximum absolute atomic E-state index is 10.6. The van der Waals surface area contributed by atoms with Gasteiger partial charge in [-0.25, -0.2) is 0 Å². The first-order chi connectivity index (χ1) is 5.79. The van der Waals surface area contributed by atoms with E-state index in [2.05, 4.69) is 0 Å². The minimum Gasteiger partial charge on any atom is -0.329 e. The van der Waals surface area contributed by atoms with Crippen molar-refractivity contribution in [2.75, 3.05) is 6.54 Å². The fraction of sp³-hybridized carbons (Fsp3) is 0.300. The highest BCUT2D eigenvalue weighted by molar-refractivity contribution is 5.63. The van der Waals surface area contributed by atoms with E-state index in [-0.39, 0.29) is 5.92 Å². The second-order valence-electron chi connectivity index (χ2n) is 2.83. The number of nitrogens with two attached hydrogens (primary N) is 1. The molecule has 2 nitrogen and oxygen atoms in total. The molecule has 0 spiro atoms.